The first kappa shape index (κ1) is 18.5. The van der Waals surface area contributed by atoms with Crippen molar-refractivity contribution in [2.45, 2.75) is 39.2 Å². The zero-order chi connectivity index (χ0) is 16.5. The lowest BCUT2D eigenvalue weighted by molar-refractivity contribution is -0.274. The van der Waals surface area contributed by atoms with Gasteiger partial charge in [-0.25, -0.2) is 4.79 Å². The molecule has 0 rings (SSSR count). The van der Waals surface area contributed by atoms with Crippen LogP contribution in [0.4, 0.5) is 26.3 Å². The molecule has 0 aliphatic rings. The molecular formula is C10H13F6NO3. The number of amides is 1. The summed E-state index contributed by atoms with van der Waals surface area (Å²) < 4.78 is 73.7. The molecule has 1 unspecified atom stereocenters. The fourth-order valence-electron chi connectivity index (χ4n) is 1.36. The number of nitrogens with one attached hydrogen (secondary N) is 1. The largest absolute Gasteiger partial charge is 0.480 e. The molecule has 0 aromatic heterocycles. The molecule has 0 spiro atoms. The third-order valence-corrected chi connectivity index (χ3v) is 2.32. The normalized spacial score (nSPS) is 15.1. The molecule has 1 atom stereocenters. The van der Waals surface area contributed by atoms with Crippen molar-refractivity contribution in [2.24, 2.45) is 11.3 Å². The quantitative estimate of drug-likeness (QED) is 0.786. The standard InChI is InChI=1S/C10H13F6NO3/c1-8(2,3)5(7(19)20)17-6(18)4(9(11,12)13)10(14,15)16/h4-5H,1-3H3,(H,17,18)(H,19,20). The molecule has 0 heterocycles. The molecule has 10 heteroatoms. The Bertz CT molecular complexity index is 368. The first-order valence-electron chi connectivity index (χ1n) is 5.25. The molecule has 0 aromatic rings. The number of rotatable bonds is 3. The highest BCUT2D eigenvalue weighted by molar-refractivity contribution is 5.86. The second kappa shape index (κ2) is 5.49. The molecule has 0 saturated carbocycles. The average Bonchev–Trinajstić information content (AvgIpc) is 2.06. The molecule has 0 saturated heterocycles. The van der Waals surface area contributed by atoms with E-state index in [-0.39, 0.29) is 0 Å². The van der Waals surface area contributed by atoms with Crippen molar-refractivity contribution in [3.8, 4) is 0 Å². The van der Waals surface area contributed by atoms with E-state index in [0.29, 0.717) is 0 Å². The smallest absolute Gasteiger partial charge is 0.409 e. The Morgan fingerprint density at radius 3 is 1.50 bits per heavy atom. The lowest BCUT2D eigenvalue weighted by atomic mass is 9.86. The predicted octanol–water partition coefficient (Wildman–Crippen LogP) is 2.34. The fourth-order valence-corrected chi connectivity index (χ4v) is 1.36. The molecule has 0 radical (unpaired) electrons. The first-order valence-corrected chi connectivity index (χ1v) is 5.25. The number of hydrogen-bond acceptors (Lipinski definition) is 2. The second-order valence-corrected chi connectivity index (χ2v) is 5.16. The zero-order valence-electron chi connectivity index (χ0n) is 10.7. The van der Waals surface area contributed by atoms with Gasteiger partial charge < -0.3 is 10.4 Å². The molecule has 0 aromatic carbocycles. The Kier molecular flexibility index (Phi) is 5.08. The van der Waals surface area contributed by atoms with Crippen molar-refractivity contribution in [3.05, 3.63) is 0 Å². The van der Waals surface area contributed by atoms with Gasteiger partial charge in [-0.2, -0.15) is 26.3 Å². The zero-order valence-corrected chi connectivity index (χ0v) is 10.7. The number of halogens is 6. The number of carboxylic acids is 1. The van der Waals surface area contributed by atoms with E-state index >= 15 is 0 Å². The summed E-state index contributed by atoms with van der Waals surface area (Å²) in [6.45, 7) is 3.76. The molecular weight excluding hydrogens is 296 g/mol. The van der Waals surface area contributed by atoms with Crippen molar-refractivity contribution in [2.75, 3.05) is 0 Å². The molecule has 0 aliphatic heterocycles. The highest BCUT2D eigenvalue weighted by Gasteiger charge is 2.61. The van der Waals surface area contributed by atoms with Crippen LogP contribution in [0.25, 0.3) is 0 Å². The van der Waals surface area contributed by atoms with Crippen LogP contribution in [0.5, 0.6) is 0 Å². The summed E-state index contributed by atoms with van der Waals surface area (Å²) in [5.41, 5.74) is -1.26. The molecule has 0 bridgehead atoms. The van der Waals surface area contributed by atoms with Crippen LogP contribution < -0.4 is 5.32 Å². The van der Waals surface area contributed by atoms with E-state index < -0.39 is 41.6 Å². The maximum absolute atomic E-state index is 12.3. The van der Waals surface area contributed by atoms with Crippen molar-refractivity contribution in [1.82, 2.24) is 5.32 Å². The van der Waals surface area contributed by atoms with Crippen LogP contribution in [-0.4, -0.2) is 35.4 Å². The summed E-state index contributed by atoms with van der Waals surface area (Å²) in [7, 11) is 0. The summed E-state index contributed by atoms with van der Waals surface area (Å²) in [6.07, 6.45) is -11.7. The van der Waals surface area contributed by atoms with Crippen LogP contribution >= 0.6 is 0 Å². The van der Waals surface area contributed by atoms with Gasteiger partial charge in [0.15, 0.2) is 0 Å². The van der Waals surface area contributed by atoms with Crippen LogP contribution in [0.1, 0.15) is 20.8 Å². The number of carbonyl (C=O) groups excluding carboxylic acids is 1. The maximum atomic E-state index is 12.3. The van der Waals surface area contributed by atoms with E-state index in [1.807, 2.05) is 0 Å². The monoisotopic (exact) mass is 309 g/mol. The van der Waals surface area contributed by atoms with Crippen molar-refractivity contribution >= 4 is 11.9 Å². The third kappa shape index (κ3) is 4.89. The second-order valence-electron chi connectivity index (χ2n) is 5.16. The van der Waals surface area contributed by atoms with Gasteiger partial charge in [-0.05, 0) is 5.41 Å². The van der Waals surface area contributed by atoms with Crippen LogP contribution in [0, 0.1) is 11.3 Å². The minimum atomic E-state index is -5.86. The summed E-state index contributed by atoms with van der Waals surface area (Å²) in [4.78, 5) is 22.0. The molecule has 0 fully saturated rings. The van der Waals surface area contributed by atoms with Crippen molar-refractivity contribution in [3.63, 3.8) is 0 Å². The average molecular weight is 309 g/mol. The van der Waals surface area contributed by atoms with E-state index in [9.17, 15) is 35.9 Å². The van der Waals surface area contributed by atoms with Gasteiger partial charge in [0.1, 0.15) is 6.04 Å². The van der Waals surface area contributed by atoms with Crippen LogP contribution in [0.3, 0.4) is 0 Å². The summed E-state index contributed by atoms with van der Waals surface area (Å²) in [6, 6.07) is -1.89. The van der Waals surface area contributed by atoms with Crippen LogP contribution in [0.15, 0.2) is 0 Å². The number of carboxylic acid groups (broad SMARTS) is 1. The Labute approximate surface area is 110 Å². The Morgan fingerprint density at radius 1 is 0.950 bits per heavy atom. The minimum Gasteiger partial charge on any atom is -0.480 e. The van der Waals surface area contributed by atoms with E-state index in [0.717, 1.165) is 0 Å². The van der Waals surface area contributed by atoms with Crippen molar-refractivity contribution in [1.29, 1.82) is 0 Å². The van der Waals surface area contributed by atoms with Gasteiger partial charge in [-0.1, -0.05) is 20.8 Å². The van der Waals surface area contributed by atoms with Gasteiger partial charge in [-0.15, -0.1) is 0 Å². The van der Waals surface area contributed by atoms with Gasteiger partial charge >= 0.3 is 18.3 Å². The van der Waals surface area contributed by atoms with Gasteiger partial charge in [0.2, 0.25) is 11.8 Å². The topological polar surface area (TPSA) is 66.4 Å². The Hall–Kier alpha value is -1.48. The highest BCUT2D eigenvalue weighted by Crippen LogP contribution is 2.39. The first-order chi connectivity index (χ1) is 8.58. The van der Waals surface area contributed by atoms with Crippen molar-refractivity contribution < 1.29 is 41.0 Å². The Morgan fingerprint density at radius 2 is 1.30 bits per heavy atom. The molecule has 0 aliphatic carbocycles. The fraction of sp³-hybridized carbons (Fsp3) is 0.800. The maximum Gasteiger partial charge on any atom is 0.409 e. The lowest BCUT2D eigenvalue weighted by Crippen LogP contribution is -2.55. The van der Waals surface area contributed by atoms with Gasteiger partial charge in [0, 0.05) is 0 Å². The van der Waals surface area contributed by atoms with Gasteiger partial charge in [0.25, 0.3) is 0 Å². The van der Waals surface area contributed by atoms with E-state index in [1.165, 1.54) is 26.1 Å². The Balaban J connectivity index is 5.36. The minimum absolute atomic E-state index is 1.25. The number of hydrogen-bond donors (Lipinski definition) is 2. The third-order valence-electron chi connectivity index (χ3n) is 2.32. The lowest BCUT2D eigenvalue weighted by Gasteiger charge is -2.30. The van der Waals surface area contributed by atoms with Gasteiger partial charge in [0.05, 0.1) is 0 Å². The summed E-state index contributed by atoms with van der Waals surface area (Å²) in [5, 5.41) is 10.1. The van der Waals surface area contributed by atoms with Crippen LogP contribution in [0.2, 0.25) is 0 Å². The van der Waals surface area contributed by atoms with Crippen LogP contribution in [-0.2, 0) is 9.59 Å². The SMILES string of the molecule is CC(C)(C)C(NC(=O)C(C(F)(F)F)C(F)(F)F)C(=O)O. The van der Waals surface area contributed by atoms with E-state index in [2.05, 4.69) is 0 Å². The summed E-state index contributed by atoms with van der Waals surface area (Å²) >= 11 is 0. The summed E-state index contributed by atoms with van der Waals surface area (Å²) in [5.74, 6) is -8.43. The molecule has 1 amide bonds. The van der Waals surface area contributed by atoms with E-state index in [1.54, 1.807) is 0 Å². The van der Waals surface area contributed by atoms with E-state index in [4.69, 9.17) is 5.11 Å². The number of aliphatic carboxylic acids is 1. The predicted molar refractivity (Wildman–Crippen MR) is 54.6 cm³/mol. The number of carbonyl (C=O) groups is 2. The molecule has 4 nitrogen and oxygen atoms in total. The van der Waals surface area contributed by atoms with Gasteiger partial charge in [-0.3, -0.25) is 4.79 Å². The highest BCUT2D eigenvalue weighted by atomic mass is 19.4. The molecule has 118 valence electrons. The molecule has 2 N–H and O–H groups in total. The molecule has 20 heavy (non-hydrogen) atoms. The number of alkyl halides is 6.